The van der Waals surface area contributed by atoms with Gasteiger partial charge in [-0.1, -0.05) is 23.7 Å². The summed E-state index contributed by atoms with van der Waals surface area (Å²) in [4.78, 5) is 18.3. The number of anilines is 1. The van der Waals surface area contributed by atoms with E-state index in [4.69, 9.17) is 16.7 Å². The maximum Gasteiger partial charge on any atom is 0.335 e. The lowest BCUT2D eigenvalue weighted by molar-refractivity contribution is 0.0697. The first-order chi connectivity index (χ1) is 10.1. The van der Waals surface area contributed by atoms with Gasteiger partial charge in [0.1, 0.15) is 0 Å². The molecule has 0 aliphatic rings. The van der Waals surface area contributed by atoms with E-state index in [-0.39, 0.29) is 5.56 Å². The molecular formula is C15H12ClN3O2. The molecule has 0 fully saturated rings. The van der Waals surface area contributed by atoms with Crippen molar-refractivity contribution in [3.63, 3.8) is 0 Å². The Morgan fingerprint density at radius 3 is 2.71 bits per heavy atom. The first-order valence-electron chi connectivity index (χ1n) is 6.33. The van der Waals surface area contributed by atoms with Crippen LogP contribution in [0.15, 0.2) is 42.5 Å². The summed E-state index contributed by atoms with van der Waals surface area (Å²) in [6.45, 7) is 0.549. The topological polar surface area (TPSA) is 78.0 Å². The number of carboxylic acid groups (broad SMARTS) is 1. The molecule has 3 N–H and O–H groups in total. The van der Waals surface area contributed by atoms with Gasteiger partial charge in [0, 0.05) is 11.6 Å². The van der Waals surface area contributed by atoms with Crippen LogP contribution in [0.5, 0.6) is 0 Å². The Morgan fingerprint density at radius 2 is 2.00 bits per heavy atom. The van der Waals surface area contributed by atoms with E-state index in [1.165, 1.54) is 0 Å². The number of imidazole rings is 1. The van der Waals surface area contributed by atoms with Crippen LogP contribution < -0.4 is 5.32 Å². The number of carbonyl (C=O) groups is 1. The fraction of sp³-hybridized carbons (Fsp3) is 0.0667. The second-order valence-corrected chi connectivity index (χ2v) is 5.04. The highest BCUT2D eigenvalue weighted by Crippen LogP contribution is 2.19. The van der Waals surface area contributed by atoms with Crippen molar-refractivity contribution in [2.75, 3.05) is 5.32 Å². The van der Waals surface area contributed by atoms with Gasteiger partial charge in [-0.15, -0.1) is 0 Å². The molecule has 0 unspecified atom stereocenters. The minimum absolute atomic E-state index is 0.275. The predicted molar refractivity (Wildman–Crippen MR) is 81.8 cm³/mol. The Labute approximate surface area is 125 Å². The lowest BCUT2D eigenvalue weighted by Gasteiger charge is -2.03. The molecule has 106 valence electrons. The number of hydrogen-bond acceptors (Lipinski definition) is 3. The number of H-pyrrole nitrogens is 1. The molecule has 1 aromatic heterocycles. The van der Waals surface area contributed by atoms with Crippen LogP contribution in [-0.4, -0.2) is 21.0 Å². The van der Waals surface area contributed by atoms with Crippen molar-refractivity contribution < 1.29 is 9.90 Å². The van der Waals surface area contributed by atoms with Gasteiger partial charge in [-0.2, -0.15) is 0 Å². The van der Waals surface area contributed by atoms with Crippen molar-refractivity contribution in [1.82, 2.24) is 9.97 Å². The highest BCUT2D eigenvalue weighted by Gasteiger charge is 2.04. The molecule has 0 atom stereocenters. The molecule has 0 aliphatic heterocycles. The quantitative estimate of drug-likeness (QED) is 0.689. The Kier molecular flexibility index (Phi) is 3.50. The van der Waals surface area contributed by atoms with E-state index in [9.17, 15) is 4.79 Å². The average Bonchev–Trinajstić information content (AvgIpc) is 2.87. The van der Waals surface area contributed by atoms with E-state index < -0.39 is 5.97 Å². The van der Waals surface area contributed by atoms with Crippen LogP contribution in [0.25, 0.3) is 11.0 Å². The molecule has 5 nitrogen and oxygen atoms in total. The minimum Gasteiger partial charge on any atom is -0.478 e. The van der Waals surface area contributed by atoms with Crippen molar-refractivity contribution in [2.45, 2.75) is 6.54 Å². The Bertz CT molecular complexity index is 796. The summed E-state index contributed by atoms with van der Waals surface area (Å²) in [6.07, 6.45) is 0. The van der Waals surface area contributed by atoms with Gasteiger partial charge in [0.15, 0.2) is 0 Å². The van der Waals surface area contributed by atoms with E-state index in [1.54, 1.807) is 30.3 Å². The molecule has 0 amide bonds. The van der Waals surface area contributed by atoms with Crippen LogP contribution in [0.4, 0.5) is 5.95 Å². The van der Waals surface area contributed by atoms with Gasteiger partial charge in [-0.25, -0.2) is 9.78 Å². The Morgan fingerprint density at radius 1 is 1.24 bits per heavy atom. The van der Waals surface area contributed by atoms with Crippen molar-refractivity contribution >= 4 is 34.6 Å². The number of aromatic carboxylic acids is 1. The third-order valence-corrected chi connectivity index (χ3v) is 3.34. The highest BCUT2D eigenvalue weighted by molar-refractivity contribution is 6.31. The molecular weight excluding hydrogens is 290 g/mol. The van der Waals surface area contributed by atoms with E-state index in [2.05, 4.69) is 15.3 Å². The van der Waals surface area contributed by atoms with Crippen LogP contribution in [0.1, 0.15) is 15.9 Å². The van der Waals surface area contributed by atoms with Crippen LogP contribution in [-0.2, 0) is 6.54 Å². The monoisotopic (exact) mass is 301 g/mol. The number of benzene rings is 2. The number of rotatable bonds is 4. The standard InChI is InChI=1S/C15H12ClN3O2/c16-11-5-6-12-13(7-11)19-15(18-12)17-8-9-1-3-10(4-2-9)14(20)21/h1-7H,8H2,(H,20,21)(H2,17,18,19). The van der Waals surface area contributed by atoms with Gasteiger partial charge >= 0.3 is 5.97 Å². The van der Waals surface area contributed by atoms with Crippen LogP contribution in [0, 0.1) is 0 Å². The lowest BCUT2D eigenvalue weighted by atomic mass is 10.1. The molecule has 2 aromatic carbocycles. The molecule has 0 radical (unpaired) electrons. The molecule has 1 heterocycles. The molecule has 0 saturated carbocycles. The third kappa shape index (κ3) is 2.98. The number of carboxylic acids is 1. The molecule has 0 spiro atoms. The maximum absolute atomic E-state index is 10.8. The SMILES string of the molecule is O=C(O)c1ccc(CNc2nc3ccc(Cl)cc3[nH]2)cc1. The largest absolute Gasteiger partial charge is 0.478 e. The lowest BCUT2D eigenvalue weighted by Crippen LogP contribution is -2.02. The number of aromatic amines is 1. The van der Waals surface area contributed by atoms with Gasteiger partial charge in [-0.05, 0) is 35.9 Å². The molecule has 6 heteroatoms. The number of hydrogen-bond donors (Lipinski definition) is 3. The predicted octanol–water partition coefficient (Wildman–Crippen LogP) is 3.53. The van der Waals surface area contributed by atoms with Gasteiger partial charge in [0.2, 0.25) is 5.95 Å². The zero-order valence-electron chi connectivity index (χ0n) is 10.9. The van der Waals surface area contributed by atoms with E-state index in [0.717, 1.165) is 16.6 Å². The summed E-state index contributed by atoms with van der Waals surface area (Å²) in [5.74, 6) is -0.279. The second kappa shape index (κ2) is 5.46. The van der Waals surface area contributed by atoms with E-state index >= 15 is 0 Å². The van der Waals surface area contributed by atoms with E-state index in [1.807, 2.05) is 12.1 Å². The highest BCUT2D eigenvalue weighted by atomic mass is 35.5. The molecule has 0 bridgehead atoms. The van der Waals surface area contributed by atoms with Crippen LogP contribution in [0.2, 0.25) is 5.02 Å². The molecule has 0 aliphatic carbocycles. The van der Waals surface area contributed by atoms with Crippen molar-refractivity contribution in [3.8, 4) is 0 Å². The third-order valence-electron chi connectivity index (χ3n) is 3.10. The van der Waals surface area contributed by atoms with Gasteiger partial charge in [-0.3, -0.25) is 0 Å². The molecule has 3 rings (SSSR count). The first-order valence-corrected chi connectivity index (χ1v) is 6.71. The Balaban J connectivity index is 1.72. The number of nitrogens with zero attached hydrogens (tertiary/aromatic N) is 1. The minimum atomic E-state index is -0.927. The Hall–Kier alpha value is -2.53. The van der Waals surface area contributed by atoms with Crippen LogP contribution >= 0.6 is 11.6 Å². The molecule has 3 aromatic rings. The van der Waals surface area contributed by atoms with Gasteiger partial charge < -0.3 is 15.4 Å². The summed E-state index contributed by atoms with van der Waals surface area (Å²) in [5.41, 5.74) is 2.95. The summed E-state index contributed by atoms with van der Waals surface area (Å²) in [6, 6.07) is 12.2. The summed E-state index contributed by atoms with van der Waals surface area (Å²) < 4.78 is 0. The summed E-state index contributed by atoms with van der Waals surface area (Å²) in [5, 5.41) is 12.7. The summed E-state index contributed by atoms with van der Waals surface area (Å²) in [7, 11) is 0. The van der Waals surface area contributed by atoms with Crippen molar-refractivity contribution in [3.05, 3.63) is 58.6 Å². The molecule has 0 saturated heterocycles. The van der Waals surface area contributed by atoms with Gasteiger partial charge in [0.05, 0.1) is 16.6 Å². The smallest absolute Gasteiger partial charge is 0.335 e. The zero-order chi connectivity index (χ0) is 14.8. The zero-order valence-corrected chi connectivity index (χ0v) is 11.7. The number of nitrogens with one attached hydrogen (secondary N) is 2. The average molecular weight is 302 g/mol. The van der Waals surface area contributed by atoms with Gasteiger partial charge in [0.25, 0.3) is 0 Å². The normalized spacial score (nSPS) is 10.7. The fourth-order valence-corrected chi connectivity index (χ4v) is 2.19. The second-order valence-electron chi connectivity index (χ2n) is 4.60. The number of fused-ring (bicyclic) bond motifs is 1. The van der Waals surface area contributed by atoms with Crippen molar-refractivity contribution in [2.24, 2.45) is 0 Å². The number of aromatic nitrogens is 2. The number of halogens is 1. The first kappa shape index (κ1) is 13.5. The maximum atomic E-state index is 10.8. The van der Waals surface area contributed by atoms with Crippen LogP contribution in [0.3, 0.4) is 0 Å². The summed E-state index contributed by atoms with van der Waals surface area (Å²) >= 11 is 5.93. The molecule has 21 heavy (non-hydrogen) atoms. The van der Waals surface area contributed by atoms with E-state index in [0.29, 0.717) is 17.5 Å². The van der Waals surface area contributed by atoms with Crippen molar-refractivity contribution in [1.29, 1.82) is 0 Å². The fourth-order valence-electron chi connectivity index (χ4n) is 2.02.